The number of hydrogen-bond acceptors (Lipinski definition) is 3. The highest BCUT2D eigenvalue weighted by molar-refractivity contribution is 6.31. The molecule has 5 heteroatoms. The Morgan fingerprint density at radius 2 is 1.88 bits per heavy atom. The van der Waals surface area contributed by atoms with Crippen LogP contribution in [-0.2, 0) is 0 Å². The van der Waals surface area contributed by atoms with E-state index in [-0.39, 0.29) is 5.91 Å². The molecule has 4 rings (SSSR count). The Hall–Kier alpha value is -3.11. The number of oxazole rings is 1. The van der Waals surface area contributed by atoms with Crippen molar-refractivity contribution in [1.29, 1.82) is 0 Å². The second-order valence-corrected chi connectivity index (χ2v) is 6.44. The second-order valence-electron chi connectivity index (χ2n) is 6.00. The third-order valence-corrected chi connectivity index (χ3v) is 4.27. The number of hydrogen-bond donors (Lipinski definition) is 1. The van der Waals surface area contributed by atoms with Crippen LogP contribution < -0.4 is 5.32 Å². The molecule has 128 valence electrons. The number of nitrogens with zero attached hydrogens (tertiary/aromatic N) is 1. The molecule has 3 aromatic carbocycles. The number of amides is 1. The van der Waals surface area contributed by atoms with Gasteiger partial charge in [-0.2, -0.15) is 0 Å². The topological polar surface area (TPSA) is 55.1 Å². The molecule has 1 N–H and O–H groups in total. The van der Waals surface area contributed by atoms with Crippen molar-refractivity contribution in [2.75, 3.05) is 5.32 Å². The molecule has 0 radical (unpaired) electrons. The lowest BCUT2D eigenvalue weighted by molar-refractivity contribution is 0.102. The fourth-order valence-electron chi connectivity index (χ4n) is 2.78. The van der Waals surface area contributed by atoms with Crippen LogP contribution in [0.2, 0.25) is 5.02 Å². The summed E-state index contributed by atoms with van der Waals surface area (Å²) in [6.45, 7) is 1.95. The summed E-state index contributed by atoms with van der Waals surface area (Å²) in [5.74, 6) is 0.253. The highest BCUT2D eigenvalue weighted by atomic mass is 35.5. The molecule has 1 amide bonds. The molecule has 26 heavy (non-hydrogen) atoms. The molecule has 4 aromatic rings. The third kappa shape index (κ3) is 3.19. The Balaban J connectivity index is 1.71. The number of rotatable bonds is 3. The first kappa shape index (κ1) is 16.4. The fraction of sp³-hybridized carbons (Fsp3) is 0.0476. The van der Waals surface area contributed by atoms with E-state index in [1.165, 1.54) is 0 Å². The van der Waals surface area contributed by atoms with Crippen molar-refractivity contribution < 1.29 is 9.21 Å². The molecule has 0 atom stereocenters. The summed E-state index contributed by atoms with van der Waals surface area (Å²) in [6, 6.07) is 20.1. The van der Waals surface area contributed by atoms with E-state index in [4.69, 9.17) is 16.0 Å². The van der Waals surface area contributed by atoms with E-state index in [1.807, 2.05) is 49.4 Å². The lowest BCUT2D eigenvalue weighted by Crippen LogP contribution is -2.12. The van der Waals surface area contributed by atoms with E-state index in [0.717, 1.165) is 5.56 Å². The second kappa shape index (κ2) is 6.65. The predicted octanol–water partition coefficient (Wildman–Crippen LogP) is 5.71. The molecule has 0 aliphatic rings. The highest BCUT2D eigenvalue weighted by Gasteiger charge is 2.15. The van der Waals surface area contributed by atoms with Crippen LogP contribution in [0.1, 0.15) is 15.9 Å². The number of carbonyl (C=O) groups excluding carboxylic acids is 1. The van der Waals surface area contributed by atoms with Crippen molar-refractivity contribution in [2.24, 2.45) is 0 Å². The van der Waals surface area contributed by atoms with Gasteiger partial charge < -0.3 is 9.73 Å². The van der Waals surface area contributed by atoms with Crippen LogP contribution in [0.25, 0.3) is 22.6 Å². The van der Waals surface area contributed by atoms with Gasteiger partial charge in [-0.15, -0.1) is 0 Å². The number of nitrogens with one attached hydrogen (secondary N) is 1. The van der Waals surface area contributed by atoms with E-state index in [9.17, 15) is 4.79 Å². The number of para-hydroxylation sites is 1. The standard InChI is InChI=1S/C21H15ClN2O2/c1-13-5-4-6-14(11-13)20(25)23-17-8-3-2-7-16(17)21-24-18-12-15(22)9-10-19(18)26-21/h2-12H,1H3,(H,23,25). The molecule has 1 heterocycles. The van der Waals surface area contributed by atoms with Crippen LogP contribution in [0.5, 0.6) is 0 Å². The molecule has 0 spiro atoms. The van der Waals surface area contributed by atoms with Crippen molar-refractivity contribution in [1.82, 2.24) is 4.98 Å². The van der Waals surface area contributed by atoms with Crippen LogP contribution in [0, 0.1) is 6.92 Å². The van der Waals surface area contributed by atoms with Crippen molar-refractivity contribution in [3.63, 3.8) is 0 Å². The van der Waals surface area contributed by atoms with Gasteiger partial charge in [0.05, 0.1) is 11.3 Å². The first-order chi connectivity index (χ1) is 12.6. The minimum Gasteiger partial charge on any atom is -0.436 e. The smallest absolute Gasteiger partial charge is 0.255 e. The average molecular weight is 363 g/mol. The number of halogens is 1. The summed E-state index contributed by atoms with van der Waals surface area (Å²) >= 11 is 6.02. The minimum absolute atomic E-state index is 0.180. The van der Waals surface area contributed by atoms with E-state index in [2.05, 4.69) is 10.3 Å². The van der Waals surface area contributed by atoms with Gasteiger partial charge in [0.25, 0.3) is 5.91 Å². The Morgan fingerprint density at radius 3 is 2.73 bits per heavy atom. The van der Waals surface area contributed by atoms with Crippen molar-refractivity contribution in [3.05, 3.63) is 82.9 Å². The van der Waals surface area contributed by atoms with Gasteiger partial charge in [-0.1, -0.05) is 41.4 Å². The predicted molar refractivity (Wildman–Crippen MR) is 104 cm³/mol. The maximum Gasteiger partial charge on any atom is 0.255 e. The quantitative estimate of drug-likeness (QED) is 0.508. The lowest BCUT2D eigenvalue weighted by Gasteiger charge is -2.09. The SMILES string of the molecule is Cc1cccc(C(=O)Nc2ccccc2-c2nc3cc(Cl)ccc3o2)c1. The zero-order chi connectivity index (χ0) is 18.1. The Kier molecular flexibility index (Phi) is 4.19. The number of benzene rings is 3. The van der Waals surface area contributed by atoms with Gasteiger partial charge in [-0.3, -0.25) is 4.79 Å². The Morgan fingerprint density at radius 1 is 1.04 bits per heavy atom. The van der Waals surface area contributed by atoms with Gasteiger partial charge in [0.15, 0.2) is 5.58 Å². The minimum atomic E-state index is -0.180. The number of carbonyl (C=O) groups is 1. The molecule has 0 unspecified atom stereocenters. The van der Waals surface area contributed by atoms with Gasteiger partial charge in [0, 0.05) is 10.6 Å². The molecular formula is C21H15ClN2O2. The van der Waals surface area contributed by atoms with Crippen LogP contribution >= 0.6 is 11.6 Å². The molecule has 0 saturated carbocycles. The number of aryl methyl sites for hydroxylation is 1. The van der Waals surface area contributed by atoms with Gasteiger partial charge >= 0.3 is 0 Å². The van der Waals surface area contributed by atoms with E-state index in [1.54, 1.807) is 24.3 Å². The summed E-state index contributed by atoms with van der Waals surface area (Å²) in [7, 11) is 0. The summed E-state index contributed by atoms with van der Waals surface area (Å²) in [5.41, 5.74) is 4.29. The zero-order valence-electron chi connectivity index (χ0n) is 14.0. The Labute approximate surface area is 155 Å². The van der Waals surface area contributed by atoms with E-state index >= 15 is 0 Å². The first-order valence-corrected chi connectivity index (χ1v) is 8.51. The molecule has 1 aromatic heterocycles. The highest BCUT2D eigenvalue weighted by Crippen LogP contribution is 2.31. The van der Waals surface area contributed by atoms with Crippen LogP contribution in [0.4, 0.5) is 5.69 Å². The largest absolute Gasteiger partial charge is 0.436 e. The van der Waals surface area contributed by atoms with Crippen molar-refractivity contribution >= 4 is 34.3 Å². The van der Waals surface area contributed by atoms with Crippen LogP contribution in [0.15, 0.2) is 71.1 Å². The Bertz CT molecular complexity index is 1120. The van der Waals surface area contributed by atoms with Crippen molar-refractivity contribution in [3.8, 4) is 11.5 Å². The zero-order valence-corrected chi connectivity index (χ0v) is 14.7. The molecule has 0 aliphatic heterocycles. The van der Waals surface area contributed by atoms with Gasteiger partial charge in [0.1, 0.15) is 5.52 Å². The number of fused-ring (bicyclic) bond motifs is 1. The first-order valence-electron chi connectivity index (χ1n) is 8.14. The number of anilines is 1. The third-order valence-electron chi connectivity index (χ3n) is 4.04. The average Bonchev–Trinajstić information content (AvgIpc) is 3.05. The summed E-state index contributed by atoms with van der Waals surface area (Å²) in [4.78, 5) is 17.1. The van der Waals surface area contributed by atoms with Gasteiger partial charge in [0.2, 0.25) is 5.89 Å². The monoisotopic (exact) mass is 362 g/mol. The maximum absolute atomic E-state index is 12.6. The van der Waals surface area contributed by atoms with Crippen LogP contribution in [0.3, 0.4) is 0 Å². The molecule has 0 saturated heterocycles. The summed E-state index contributed by atoms with van der Waals surface area (Å²) < 4.78 is 5.84. The summed E-state index contributed by atoms with van der Waals surface area (Å²) in [6.07, 6.45) is 0. The van der Waals surface area contributed by atoms with E-state index < -0.39 is 0 Å². The van der Waals surface area contributed by atoms with E-state index in [0.29, 0.717) is 38.8 Å². The molecular weight excluding hydrogens is 348 g/mol. The molecule has 0 bridgehead atoms. The number of aromatic nitrogens is 1. The fourth-order valence-corrected chi connectivity index (χ4v) is 2.94. The van der Waals surface area contributed by atoms with Gasteiger partial charge in [-0.05, 0) is 49.4 Å². The maximum atomic E-state index is 12.6. The molecule has 4 nitrogen and oxygen atoms in total. The van der Waals surface area contributed by atoms with Gasteiger partial charge in [-0.25, -0.2) is 4.98 Å². The normalized spacial score (nSPS) is 10.8. The lowest BCUT2D eigenvalue weighted by atomic mass is 10.1. The molecule has 0 aliphatic carbocycles. The summed E-state index contributed by atoms with van der Waals surface area (Å²) in [5, 5.41) is 3.54. The molecule has 0 fully saturated rings. The van der Waals surface area contributed by atoms with Crippen LogP contribution in [-0.4, -0.2) is 10.9 Å². The van der Waals surface area contributed by atoms with Crippen molar-refractivity contribution in [2.45, 2.75) is 6.92 Å².